The first kappa shape index (κ1) is 15.3. The third-order valence-electron chi connectivity index (χ3n) is 5.00. The highest BCUT2D eigenvalue weighted by molar-refractivity contribution is 5.61. The molecule has 2 saturated heterocycles. The SMILES string of the molecule is CCc1nn(C)c(N2CCC(N3CCCC3)CC2)c1[N+](=O)[O-]. The van der Waals surface area contributed by atoms with Gasteiger partial charge >= 0.3 is 5.69 Å². The van der Waals surface area contributed by atoms with E-state index in [9.17, 15) is 10.1 Å². The summed E-state index contributed by atoms with van der Waals surface area (Å²) in [5, 5.41) is 15.8. The van der Waals surface area contributed by atoms with Crippen molar-refractivity contribution in [3.8, 4) is 0 Å². The van der Waals surface area contributed by atoms with Crippen molar-refractivity contribution in [1.82, 2.24) is 14.7 Å². The van der Waals surface area contributed by atoms with E-state index < -0.39 is 0 Å². The zero-order valence-electron chi connectivity index (χ0n) is 13.5. The molecule has 0 aromatic carbocycles. The summed E-state index contributed by atoms with van der Waals surface area (Å²) >= 11 is 0. The zero-order chi connectivity index (χ0) is 15.7. The number of likely N-dealkylation sites (tertiary alicyclic amines) is 1. The molecule has 2 fully saturated rings. The number of nitro groups is 1. The average molecular weight is 307 g/mol. The molecule has 0 atom stereocenters. The number of piperidine rings is 1. The first-order chi connectivity index (χ1) is 10.6. The summed E-state index contributed by atoms with van der Waals surface area (Å²) in [5.41, 5.74) is 0.786. The Kier molecular flexibility index (Phi) is 4.33. The minimum atomic E-state index is -0.270. The van der Waals surface area contributed by atoms with Gasteiger partial charge in [-0.2, -0.15) is 5.10 Å². The van der Waals surface area contributed by atoms with E-state index >= 15 is 0 Å². The number of rotatable bonds is 4. The van der Waals surface area contributed by atoms with Gasteiger partial charge in [-0.15, -0.1) is 0 Å². The number of aromatic nitrogens is 2. The topological polar surface area (TPSA) is 67.4 Å². The largest absolute Gasteiger partial charge is 0.351 e. The number of nitrogens with zero attached hydrogens (tertiary/aromatic N) is 5. The maximum atomic E-state index is 11.4. The smallest absolute Gasteiger partial charge is 0.334 e. The fourth-order valence-corrected chi connectivity index (χ4v) is 3.89. The van der Waals surface area contributed by atoms with Gasteiger partial charge in [-0.3, -0.25) is 10.1 Å². The van der Waals surface area contributed by atoms with E-state index in [1.807, 2.05) is 14.0 Å². The van der Waals surface area contributed by atoms with Crippen LogP contribution in [0.5, 0.6) is 0 Å². The summed E-state index contributed by atoms with van der Waals surface area (Å²) in [6.07, 6.45) is 5.39. The molecule has 0 aliphatic carbocycles. The van der Waals surface area contributed by atoms with Gasteiger partial charge in [0.15, 0.2) is 0 Å². The lowest BCUT2D eigenvalue weighted by Gasteiger charge is -2.37. The van der Waals surface area contributed by atoms with Crippen molar-refractivity contribution in [2.24, 2.45) is 7.05 Å². The molecule has 0 spiro atoms. The van der Waals surface area contributed by atoms with Crippen LogP contribution in [0.2, 0.25) is 0 Å². The van der Waals surface area contributed by atoms with Crippen LogP contribution in [0.3, 0.4) is 0 Å². The molecule has 7 heteroatoms. The van der Waals surface area contributed by atoms with Crippen LogP contribution in [-0.2, 0) is 13.5 Å². The number of hydrogen-bond donors (Lipinski definition) is 0. The maximum Gasteiger partial charge on any atom is 0.334 e. The van der Waals surface area contributed by atoms with Crippen molar-refractivity contribution in [2.75, 3.05) is 31.1 Å². The molecule has 122 valence electrons. The van der Waals surface area contributed by atoms with Crippen LogP contribution in [0, 0.1) is 10.1 Å². The fraction of sp³-hybridized carbons (Fsp3) is 0.800. The van der Waals surface area contributed by atoms with Crippen LogP contribution >= 0.6 is 0 Å². The van der Waals surface area contributed by atoms with Crippen LogP contribution in [0.15, 0.2) is 0 Å². The molecule has 0 bridgehead atoms. The average Bonchev–Trinajstić information content (AvgIpc) is 3.14. The molecular weight excluding hydrogens is 282 g/mol. The van der Waals surface area contributed by atoms with Gasteiger partial charge in [0.1, 0.15) is 5.69 Å². The lowest BCUT2D eigenvalue weighted by Crippen LogP contribution is -2.44. The molecule has 0 radical (unpaired) electrons. The normalized spacial score (nSPS) is 20.7. The van der Waals surface area contributed by atoms with Gasteiger partial charge in [-0.25, -0.2) is 4.68 Å². The van der Waals surface area contributed by atoms with Gasteiger partial charge in [0, 0.05) is 26.2 Å². The van der Waals surface area contributed by atoms with E-state index in [1.165, 1.54) is 25.9 Å². The Hall–Kier alpha value is -1.63. The van der Waals surface area contributed by atoms with E-state index in [2.05, 4.69) is 14.9 Å². The molecule has 22 heavy (non-hydrogen) atoms. The minimum absolute atomic E-state index is 0.199. The first-order valence-electron chi connectivity index (χ1n) is 8.31. The lowest BCUT2D eigenvalue weighted by atomic mass is 10.0. The van der Waals surface area contributed by atoms with E-state index in [-0.39, 0.29) is 10.6 Å². The highest BCUT2D eigenvalue weighted by atomic mass is 16.6. The maximum absolute atomic E-state index is 11.4. The second-order valence-corrected chi connectivity index (χ2v) is 6.31. The molecule has 3 rings (SSSR count). The number of aryl methyl sites for hydroxylation is 2. The predicted molar refractivity (Wildman–Crippen MR) is 85.3 cm³/mol. The molecule has 0 saturated carbocycles. The summed E-state index contributed by atoms with van der Waals surface area (Å²) in [7, 11) is 1.81. The summed E-state index contributed by atoms with van der Waals surface area (Å²) < 4.78 is 1.69. The molecule has 1 aromatic heterocycles. The number of hydrogen-bond acceptors (Lipinski definition) is 5. The van der Waals surface area contributed by atoms with E-state index in [0.717, 1.165) is 25.9 Å². The molecule has 1 aromatic rings. The molecule has 0 amide bonds. The molecule has 3 heterocycles. The van der Waals surface area contributed by atoms with Crippen LogP contribution in [0.4, 0.5) is 11.5 Å². The van der Waals surface area contributed by atoms with Crippen molar-refractivity contribution >= 4 is 11.5 Å². The van der Waals surface area contributed by atoms with Gasteiger partial charge < -0.3 is 9.80 Å². The summed E-state index contributed by atoms with van der Waals surface area (Å²) in [6.45, 7) is 6.11. The molecule has 0 N–H and O–H groups in total. The standard InChI is InChI=1S/C15H25N5O2/c1-3-13-14(20(21)22)15(17(2)16-13)19-10-6-12(7-11-19)18-8-4-5-9-18/h12H,3-11H2,1-2H3. The van der Waals surface area contributed by atoms with Crippen LogP contribution < -0.4 is 4.90 Å². The molecular formula is C15H25N5O2. The highest BCUT2D eigenvalue weighted by Gasteiger charge is 2.33. The van der Waals surface area contributed by atoms with Gasteiger partial charge in [0.2, 0.25) is 5.82 Å². The Morgan fingerprint density at radius 1 is 1.23 bits per heavy atom. The third-order valence-corrected chi connectivity index (χ3v) is 5.00. The predicted octanol–water partition coefficient (Wildman–Crippen LogP) is 1.96. The molecule has 2 aliphatic heterocycles. The zero-order valence-corrected chi connectivity index (χ0v) is 13.5. The van der Waals surface area contributed by atoms with Gasteiger partial charge in [0.05, 0.1) is 4.92 Å². The Morgan fingerprint density at radius 3 is 2.41 bits per heavy atom. The molecule has 7 nitrogen and oxygen atoms in total. The van der Waals surface area contributed by atoms with Gasteiger partial charge in [-0.05, 0) is 45.2 Å². The first-order valence-corrected chi connectivity index (χ1v) is 8.31. The highest BCUT2D eigenvalue weighted by Crippen LogP contribution is 2.34. The fourth-order valence-electron chi connectivity index (χ4n) is 3.89. The van der Waals surface area contributed by atoms with Crippen molar-refractivity contribution in [3.63, 3.8) is 0 Å². The van der Waals surface area contributed by atoms with Crippen molar-refractivity contribution in [1.29, 1.82) is 0 Å². The van der Waals surface area contributed by atoms with Crippen LogP contribution in [-0.4, -0.2) is 51.8 Å². The van der Waals surface area contributed by atoms with E-state index in [1.54, 1.807) is 4.68 Å². The lowest BCUT2D eigenvalue weighted by molar-refractivity contribution is -0.384. The van der Waals surface area contributed by atoms with E-state index in [0.29, 0.717) is 24.0 Å². The van der Waals surface area contributed by atoms with E-state index in [4.69, 9.17) is 0 Å². The Labute approximate surface area is 131 Å². The summed E-state index contributed by atoms with van der Waals surface area (Å²) in [4.78, 5) is 15.9. The summed E-state index contributed by atoms with van der Waals surface area (Å²) in [6, 6.07) is 0.650. The second kappa shape index (κ2) is 6.24. The minimum Gasteiger partial charge on any atom is -0.351 e. The third kappa shape index (κ3) is 2.69. The Morgan fingerprint density at radius 2 is 1.86 bits per heavy atom. The molecule has 0 unspecified atom stereocenters. The summed E-state index contributed by atoms with van der Waals surface area (Å²) in [5.74, 6) is 0.682. The van der Waals surface area contributed by atoms with Crippen molar-refractivity contribution in [3.05, 3.63) is 15.8 Å². The van der Waals surface area contributed by atoms with Crippen molar-refractivity contribution in [2.45, 2.75) is 45.1 Å². The number of anilines is 1. The van der Waals surface area contributed by atoms with Crippen LogP contribution in [0.25, 0.3) is 0 Å². The van der Waals surface area contributed by atoms with Gasteiger partial charge in [-0.1, -0.05) is 6.92 Å². The van der Waals surface area contributed by atoms with Gasteiger partial charge in [0.25, 0.3) is 0 Å². The monoisotopic (exact) mass is 307 g/mol. The second-order valence-electron chi connectivity index (χ2n) is 6.31. The Bertz CT molecular complexity index is 542. The Balaban J connectivity index is 1.75. The quantitative estimate of drug-likeness (QED) is 0.628. The molecule has 2 aliphatic rings. The van der Waals surface area contributed by atoms with Crippen LogP contribution in [0.1, 0.15) is 38.3 Å². The van der Waals surface area contributed by atoms with Crippen molar-refractivity contribution < 1.29 is 4.92 Å².